The van der Waals surface area contributed by atoms with Crippen molar-refractivity contribution in [3.8, 4) is 5.75 Å². The summed E-state index contributed by atoms with van der Waals surface area (Å²) < 4.78 is 5.70. The van der Waals surface area contributed by atoms with Crippen molar-refractivity contribution in [3.63, 3.8) is 0 Å². The van der Waals surface area contributed by atoms with Crippen LogP contribution in [0.15, 0.2) is 24.4 Å². The molecular weight excluding hydrogens is 190 g/mol. The minimum absolute atomic E-state index is 0.0263. The van der Waals surface area contributed by atoms with E-state index in [0.717, 1.165) is 22.2 Å². The maximum absolute atomic E-state index is 9.21. The third kappa shape index (κ3) is 1.83. The number of nitrogens with one attached hydrogen (secondary N) is 1. The summed E-state index contributed by atoms with van der Waals surface area (Å²) in [5.41, 5.74) is 1.87. The molecule has 1 aromatic carbocycles. The van der Waals surface area contributed by atoms with Crippen LogP contribution in [0.25, 0.3) is 10.9 Å². The fraction of sp³-hybridized carbons (Fsp3) is 0.333. The van der Waals surface area contributed by atoms with Gasteiger partial charge in [0, 0.05) is 22.7 Å². The molecule has 0 saturated carbocycles. The first kappa shape index (κ1) is 10.1. The highest BCUT2D eigenvalue weighted by atomic mass is 16.5. The standard InChI is InChI=1S/C12H15NO2/c1-8(2)15-11-5-3-4-10-12(11)9(7-14)6-13-10/h3-6,8,13-14H,7H2,1-2H3. The highest BCUT2D eigenvalue weighted by molar-refractivity contribution is 5.89. The molecule has 0 atom stereocenters. The first-order chi connectivity index (χ1) is 7.22. The Kier molecular flexibility index (Phi) is 2.64. The first-order valence-corrected chi connectivity index (χ1v) is 5.09. The molecule has 0 radical (unpaired) electrons. The molecule has 0 amide bonds. The van der Waals surface area contributed by atoms with Crippen molar-refractivity contribution in [2.45, 2.75) is 26.6 Å². The van der Waals surface area contributed by atoms with E-state index in [1.54, 1.807) is 0 Å². The fourth-order valence-corrected chi connectivity index (χ4v) is 1.70. The lowest BCUT2D eigenvalue weighted by molar-refractivity contribution is 0.244. The molecule has 0 saturated heterocycles. The van der Waals surface area contributed by atoms with Crippen molar-refractivity contribution in [3.05, 3.63) is 30.0 Å². The SMILES string of the molecule is CC(C)Oc1cccc2[nH]cc(CO)c12. The minimum atomic E-state index is 0.0263. The summed E-state index contributed by atoms with van der Waals surface area (Å²) in [5, 5.41) is 10.2. The van der Waals surface area contributed by atoms with E-state index >= 15 is 0 Å². The Balaban J connectivity index is 2.56. The molecule has 0 bridgehead atoms. The fourth-order valence-electron chi connectivity index (χ4n) is 1.70. The van der Waals surface area contributed by atoms with Gasteiger partial charge in [-0.05, 0) is 26.0 Å². The number of rotatable bonds is 3. The number of fused-ring (bicyclic) bond motifs is 1. The van der Waals surface area contributed by atoms with Crippen molar-refractivity contribution in [1.82, 2.24) is 4.98 Å². The van der Waals surface area contributed by atoms with Gasteiger partial charge in [-0.1, -0.05) is 6.07 Å². The average Bonchev–Trinajstić information content (AvgIpc) is 2.61. The normalized spacial score (nSPS) is 11.2. The minimum Gasteiger partial charge on any atom is -0.490 e. The molecule has 0 aliphatic heterocycles. The number of aromatic nitrogens is 1. The van der Waals surface area contributed by atoms with Crippen LogP contribution in [-0.4, -0.2) is 16.2 Å². The maximum atomic E-state index is 9.21. The van der Waals surface area contributed by atoms with Gasteiger partial charge in [-0.2, -0.15) is 0 Å². The highest BCUT2D eigenvalue weighted by Crippen LogP contribution is 2.29. The van der Waals surface area contributed by atoms with Crippen LogP contribution >= 0.6 is 0 Å². The second-order valence-electron chi connectivity index (χ2n) is 3.82. The van der Waals surface area contributed by atoms with Crippen LogP contribution in [0.1, 0.15) is 19.4 Å². The van der Waals surface area contributed by atoms with Crippen molar-refractivity contribution in [2.75, 3.05) is 0 Å². The topological polar surface area (TPSA) is 45.2 Å². The Morgan fingerprint density at radius 1 is 1.40 bits per heavy atom. The van der Waals surface area contributed by atoms with Gasteiger partial charge in [-0.15, -0.1) is 0 Å². The number of hydrogen-bond acceptors (Lipinski definition) is 2. The number of aliphatic hydroxyl groups is 1. The Morgan fingerprint density at radius 3 is 2.87 bits per heavy atom. The maximum Gasteiger partial charge on any atom is 0.129 e. The summed E-state index contributed by atoms with van der Waals surface area (Å²) in [6, 6.07) is 5.84. The number of hydrogen-bond donors (Lipinski definition) is 2. The summed E-state index contributed by atoms with van der Waals surface area (Å²) in [4.78, 5) is 3.11. The van der Waals surface area contributed by atoms with Gasteiger partial charge in [0.1, 0.15) is 5.75 Å². The van der Waals surface area contributed by atoms with Crippen LogP contribution in [-0.2, 0) is 6.61 Å². The van der Waals surface area contributed by atoms with E-state index in [-0.39, 0.29) is 12.7 Å². The molecule has 3 heteroatoms. The molecule has 0 unspecified atom stereocenters. The molecule has 2 N–H and O–H groups in total. The highest BCUT2D eigenvalue weighted by Gasteiger charge is 2.09. The van der Waals surface area contributed by atoms with Gasteiger partial charge >= 0.3 is 0 Å². The molecule has 80 valence electrons. The molecule has 0 spiro atoms. The average molecular weight is 205 g/mol. The Bertz CT molecular complexity index is 460. The zero-order chi connectivity index (χ0) is 10.8. The monoisotopic (exact) mass is 205 g/mol. The van der Waals surface area contributed by atoms with Crippen LogP contribution in [0.2, 0.25) is 0 Å². The predicted molar refractivity (Wildman–Crippen MR) is 60.0 cm³/mol. The Hall–Kier alpha value is -1.48. The number of ether oxygens (including phenoxy) is 1. The summed E-state index contributed by atoms with van der Waals surface area (Å²) in [6.07, 6.45) is 1.95. The van der Waals surface area contributed by atoms with Crippen LogP contribution in [0.4, 0.5) is 0 Å². The number of aliphatic hydroxyl groups excluding tert-OH is 1. The Labute approximate surface area is 88.7 Å². The van der Waals surface area contributed by atoms with Crippen LogP contribution in [0, 0.1) is 0 Å². The van der Waals surface area contributed by atoms with Gasteiger partial charge in [0.25, 0.3) is 0 Å². The van der Waals surface area contributed by atoms with Crippen molar-refractivity contribution >= 4 is 10.9 Å². The second-order valence-corrected chi connectivity index (χ2v) is 3.82. The molecule has 1 aromatic heterocycles. The number of aromatic amines is 1. The molecule has 3 nitrogen and oxygen atoms in total. The lowest BCUT2D eigenvalue weighted by Gasteiger charge is -2.11. The van der Waals surface area contributed by atoms with Crippen molar-refractivity contribution in [1.29, 1.82) is 0 Å². The Morgan fingerprint density at radius 2 is 2.20 bits per heavy atom. The lowest BCUT2D eigenvalue weighted by atomic mass is 10.1. The van der Waals surface area contributed by atoms with E-state index in [0.29, 0.717) is 0 Å². The molecule has 1 heterocycles. The lowest BCUT2D eigenvalue weighted by Crippen LogP contribution is -2.05. The van der Waals surface area contributed by atoms with Gasteiger partial charge in [0.2, 0.25) is 0 Å². The van der Waals surface area contributed by atoms with Crippen LogP contribution in [0.5, 0.6) is 5.75 Å². The summed E-state index contributed by atoms with van der Waals surface area (Å²) >= 11 is 0. The molecule has 15 heavy (non-hydrogen) atoms. The second kappa shape index (κ2) is 3.95. The van der Waals surface area contributed by atoms with Crippen LogP contribution in [0.3, 0.4) is 0 Å². The zero-order valence-corrected chi connectivity index (χ0v) is 8.95. The summed E-state index contributed by atoms with van der Waals surface area (Å²) in [7, 11) is 0. The summed E-state index contributed by atoms with van der Waals surface area (Å²) in [5.74, 6) is 0.827. The van der Waals surface area contributed by atoms with Gasteiger partial charge in [-0.25, -0.2) is 0 Å². The third-order valence-electron chi connectivity index (χ3n) is 2.28. The molecule has 0 aliphatic rings. The van der Waals surface area contributed by atoms with Crippen LogP contribution < -0.4 is 4.74 Å². The molecule has 2 aromatic rings. The van der Waals surface area contributed by atoms with Gasteiger partial charge in [0.05, 0.1) is 12.7 Å². The molecular formula is C12H15NO2. The quantitative estimate of drug-likeness (QED) is 0.808. The van der Waals surface area contributed by atoms with E-state index < -0.39 is 0 Å². The van der Waals surface area contributed by atoms with E-state index in [9.17, 15) is 5.11 Å². The number of benzene rings is 1. The first-order valence-electron chi connectivity index (χ1n) is 5.09. The van der Waals surface area contributed by atoms with E-state index in [1.807, 2.05) is 38.2 Å². The van der Waals surface area contributed by atoms with E-state index in [1.165, 1.54) is 0 Å². The van der Waals surface area contributed by atoms with Crippen molar-refractivity contribution < 1.29 is 9.84 Å². The number of H-pyrrole nitrogens is 1. The van der Waals surface area contributed by atoms with E-state index in [2.05, 4.69) is 4.98 Å². The third-order valence-corrected chi connectivity index (χ3v) is 2.28. The molecule has 0 aliphatic carbocycles. The van der Waals surface area contributed by atoms with Gasteiger partial charge in [-0.3, -0.25) is 0 Å². The van der Waals surface area contributed by atoms with E-state index in [4.69, 9.17) is 4.74 Å². The predicted octanol–water partition coefficient (Wildman–Crippen LogP) is 2.45. The van der Waals surface area contributed by atoms with Gasteiger partial charge in [0.15, 0.2) is 0 Å². The summed E-state index contributed by atoms with van der Waals surface area (Å²) in [6.45, 7) is 4.01. The molecule has 2 rings (SSSR count). The smallest absolute Gasteiger partial charge is 0.129 e. The largest absolute Gasteiger partial charge is 0.490 e. The van der Waals surface area contributed by atoms with Gasteiger partial charge < -0.3 is 14.8 Å². The van der Waals surface area contributed by atoms with Crippen molar-refractivity contribution in [2.24, 2.45) is 0 Å². The zero-order valence-electron chi connectivity index (χ0n) is 8.95. The molecule has 0 fully saturated rings.